The Bertz CT molecular complexity index is 748. The third-order valence-corrected chi connectivity index (χ3v) is 6.94. The van der Waals surface area contributed by atoms with Crippen LogP contribution in [0.3, 0.4) is 0 Å². The van der Waals surface area contributed by atoms with Crippen LogP contribution in [0.5, 0.6) is 5.75 Å². The lowest BCUT2D eigenvalue weighted by atomic mass is 9.68. The van der Waals surface area contributed by atoms with Gasteiger partial charge in [-0.1, -0.05) is 17.3 Å². The molecule has 1 aromatic rings. The Morgan fingerprint density at radius 1 is 1.19 bits per heavy atom. The first-order valence-corrected chi connectivity index (χ1v) is 10.3. The van der Waals surface area contributed by atoms with Crippen LogP contribution in [0, 0.1) is 17.8 Å². The van der Waals surface area contributed by atoms with Gasteiger partial charge in [0.1, 0.15) is 5.75 Å². The molecule has 3 aliphatic heterocycles. The molecule has 2 saturated carbocycles. The second-order valence-electron chi connectivity index (χ2n) is 8.91. The van der Waals surface area contributed by atoms with Gasteiger partial charge >= 0.3 is 0 Å². The molecule has 5 heteroatoms. The number of methoxy groups -OCH3 is 1. The average Bonchev–Trinajstić information content (AvgIpc) is 3.04. The minimum atomic E-state index is -0.429. The standard InChI is InChI=1S/C22H28N2O3/c1-26-20-4-2-3-14(11-20)8-18-12-21(27-23-18)22(25)24-13-17-6-15-5-16(7-17)10-19(24)9-15/h2-4,11,15-17,19,21H,5-10,12-13H2,1H3. The second-order valence-corrected chi connectivity index (χ2v) is 8.91. The van der Waals surface area contributed by atoms with Crippen LogP contribution >= 0.6 is 0 Å². The third-order valence-electron chi connectivity index (χ3n) is 6.94. The third kappa shape index (κ3) is 3.32. The molecule has 1 aromatic carbocycles. The number of oxime groups is 1. The first-order valence-electron chi connectivity index (χ1n) is 10.3. The van der Waals surface area contributed by atoms with Crippen molar-refractivity contribution in [1.29, 1.82) is 0 Å². The molecule has 4 bridgehead atoms. The predicted octanol–water partition coefficient (Wildman–Crippen LogP) is 3.42. The van der Waals surface area contributed by atoms with E-state index < -0.39 is 6.10 Å². The van der Waals surface area contributed by atoms with E-state index in [-0.39, 0.29) is 5.91 Å². The minimum Gasteiger partial charge on any atom is -0.497 e. The van der Waals surface area contributed by atoms with Crippen molar-refractivity contribution in [2.24, 2.45) is 22.9 Å². The van der Waals surface area contributed by atoms with Crippen LogP contribution in [0.2, 0.25) is 0 Å². The summed E-state index contributed by atoms with van der Waals surface area (Å²) in [5, 5.41) is 4.24. The van der Waals surface area contributed by atoms with Crippen molar-refractivity contribution in [2.45, 2.75) is 57.1 Å². The Morgan fingerprint density at radius 3 is 2.74 bits per heavy atom. The number of hydrogen-bond donors (Lipinski definition) is 0. The molecule has 1 amide bonds. The summed E-state index contributed by atoms with van der Waals surface area (Å²) in [6, 6.07) is 8.42. The highest BCUT2D eigenvalue weighted by Crippen LogP contribution is 2.47. The van der Waals surface area contributed by atoms with Crippen LogP contribution in [-0.2, 0) is 16.1 Å². The van der Waals surface area contributed by atoms with Crippen molar-refractivity contribution in [1.82, 2.24) is 4.90 Å². The highest BCUT2D eigenvalue weighted by Gasteiger charge is 2.46. The number of fused-ring (bicyclic) bond motifs is 1. The van der Waals surface area contributed by atoms with Crippen molar-refractivity contribution in [3.63, 3.8) is 0 Å². The van der Waals surface area contributed by atoms with Gasteiger partial charge in [0.2, 0.25) is 6.10 Å². The van der Waals surface area contributed by atoms with Crippen LogP contribution in [0.15, 0.2) is 29.4 Å². The highest BCUT2D eigenvalue weighted by molar-refractivity contribution is 5.94. The van der Waals surface area contributed by atoms with Gasteiger partial charge in [-0.2, -0.15) is 0 Å². The molecule has 144 valence electrons. The lowest BCUT2D eigenvalue weighted by molar-refractivity contribution is -0.145. The number of carbonyl (C=O) groups excluding carboxylic acids is 1. The van der Waals surface area contributed by atoms with Gasteiger partial charge in [-0.05, 0) is 67.6 Å². The lowest BCUT2D eigenvalue weighted by Crippen LogP contribution is -2.46. The van der Waals surface area contributed by atoms with Crippen molar-refractivity contribution < 1.29 is 14.4 Å². The maximum absolute atomic E-state index is 13.2. The number of ether oxygens (including phenoxy) is 1. The molecule has 3 atom stereocenters. The fraction of sp³-hybridized carbons (Fsp3) is 0.636. The van der Waals surface area contributed by atoms with Gasteiger partial charge in [0.15, 0.2) is 0 Å². The maximum Gasteiger partial charge on any atom is 0.267 e. The zero-order valence-electron chi connectivity index (χ0n) is 16.0. The maximum atomic E-state index is 13.2. The molecule has 5 aliphatic rings. The number of amides is 1. The number of benzene rings is 1. The molecule has 3 unspecified atom stereocenters. The molecule has 0 N–H and O–H groups in total. The summed E-state index contributed by atoms with van der Waals surface area (Å²) in [5.74, 6) is 3.39. The molecular weight excluding hydrogens is 340 g/mol. The largest absolute Gasteiger partial charge is 0.497 e. The predicted molar refractivity (Wildman–Crippen MR) is 103 cm³/mol. The molecule has 0 aromatic heterocycles. The summed E-state index contributed by atoms with van der Waals surface area (Å²) >= 11 is 0. The van der Waals surface area contributed by atoms with Crippen molar-refractivity contribution in [2.75, 3.05) is 13.7 Å². The fourth-order valence-corrected chi connectivity index (χ4v) is 5.92. The molecule has 5 nitrogen and oxygen atoms in total. The van der Waals surface area contributed by atoms with E-state index in [0.29, 0.717) is 24.8 Å². The van der Waals surface area contributed by atoms with Crippen molar-refractivity contribution >= 4 is 11.6 Å². The van der Waals surface area contributed by atoms with E-state index in [2.05, 4.69) is 16.1 Å². The molecule has 27 heavy (non-hydrogen) atoms. The number of nitrogens with zero attached hydrogens (tertiary/aromatic N) is 2. The molecule has 0 spiro atoms. The first-order chi connectivity index (χ1) is 13.2. The van der Waals surface area contributed by atoms with E-state index >= 15 is 0 Å². The fourth-order valence-electron chi connectivity index (χ4n) is 5.92. The summed E-state index contributed by atoms with van der Waals surface area (Å²) in [6.45, 7) is 0.932. The van der Waals surface area contributed by atoms with Crippen LogP contribution in [0.4, 0.5) is 0 Å². The average molecular weight is 368 g/mol. The Kier molecular flexibility index (Phi) is 4.33. The summed E-state index contributed by atoms with van der Waals surface area (Å²) in [7, 11) is 1.67. The Morgan fingerprint density at radius 2 is 1.96 bits per heavy atom. The zero-order chi connectivity index (χ0) is 18.4. The van der Waals surface area contributed by atoms with E-state index in [1.54, 1.807) is 7.11 Å². The van der Waals surface area contributed by atoms with E-state index in [1.807, 2.05) is 18.2 Å². The van der Waals surface area contributed by atoms with Gasteiger partial charge < -0.3 is 14.5 Å². The van der Waals surface area contributed by atoms with Gasteiger partial charge in [0.05, 0.1) is 12.8 Å². The van der Waals surface area contributed by atoms with E-state index in [9.17, 15) is 4.79 Å². The van der Waals surface area contributed by atoms with E-state index in [4.69, 9.17) is 9.57 Å². The monoisotopic (exact) mass is 368 g/mol. The van der Waals surface area contributed by atoms with Crippen LogP contribution < -0.4 is 4.74 Å². The molecule has 6 rings (SSSR count). The molecule has 2 saturated heterocycles. The highest BCUT2D eigenvalue weighted by atomic mass is 16.6. The Labute approximate surface area is 160 Å². The summed E-state index contributed by atoms with van der Waals surface area (Å²) in [6.07, 6.45) is 7.31. The van der Waals surface area contributed by atoms with E-state index in [0.717, 1.165) is 35.4 Å². The minimum absolute atomic E-state index is 0.164. The smallest absolute Gasteiger partial charge is 0.267 e. The zero-order valence-corrected chi connectivity index (χ0v) is 16.0. The van der Waals surface area contributed by atoms with Crippen molar-refractivity contribution in [3.05, 3.63) is 29.8 Å². The van der Waals surface area contributed by atoms with Gasteiger partial charge in [-0.25, -0.2) is 0 Å². The van der Waals surface area contributed by atoms with Crippen LogP contribution in [0.1, 0.15) is 44.1 Å². The van der Waals surface area contributed by atoms with Gasteiger partial charge in [-0.15, -0.1) is 0 Å². The Hall–Kier alpha value is -2.04. The second kappa shape index (κ2) is 6.84. The molecule has 2 aliphatic carbocycles. The number of rotatable bonds is 4. The SMILES string of the molecule is COc1cccc(CC2=NOC(C(=O)N3CC4CC5CC(C4)CC3C5)C2)c1. The van der Waals surface area contributed by atoms with Crippen LogP contribution in [-0.4, -0.2) is 42.3 Å². The van der Waals surface area contributed by atoms with E-state index in [1.165, 1.54) is 32.1 Å². The lowest BCUT2D eigenvalue weighted by Gasteiger charge is -2.39. The Balaban J connectivity index is 1.23. The quantitative estimate of drug-likeness (QED) is 0.818. The normalized spacial score (nSPS) is 34.2. The first kappa shape index (κ1) is 17.1. The molecule has 3 heterocycles. The van der Waals surface area contributed by atoms with Crippen molar-refractivity contribution in [3.8, 4) is 5.75 Å². The molecule has 0 radical (unpaired) electrons. The number of hydrogen-bond acceptors (Lipinski definition) is 4. The van der Waals surface area contributed by atoms with Gasteiger partial charge in [0, 0.05) is 25.4 Å². The number of carbonyl (C=O) groups is 1. The molecule has 4 fully saturated rings. The summed E-state index contributed by atoms with van der Waals surface area (Å²) in [4.78, 5) is 21.0. The van der Waals surface area contributed by atoms with Gasteiger partial charge in [-0.3, -0.25) is 4.79 Å². The summed E-state index contributed by atoms with van der Waals surface area (Å²) < 4.78 is 5.29. The topological polar surface area (TPSA) is 51.1 Å². The summed E-state index contributed by atoms with van der Waals surface area (Å²) in [5.41, 5.74) is 2.08. The van der Waals surface area contributed by atoms with Crippen LogP contribution in [0.25, 0.3) is 0 Å². The molecular formula is C22H28N2O3. The van der Waals surface area contributed by atoms with Gasteiger partial charge in [0.25, 0.3) is 5.91 Å².